The Balaban J connectivity index is 1.78. The Morgan fingerprint density at radius 2 is 2.00 bits per heavy atom. The van der Waals surface area contributed by atoms with Crippen LogP contribution in [0, 0.1) is 6.92 Å². The van der Waals surface area contributed by atoms with Crippen LogP contribution >= 0.6 is 0 Å². The molecule has 0 aliphatic carbocycles. The standard InChI is InChI=1S/C15H22N2O3S/c1-11-3-5-13(6-4-11)17-15(18)9-12(2)16-14-7-8-21(19,20)10-14/h3-6,12,14,16H,7-10H2,1-2H3,(H,17,18)/t12-,14+/m0/s1. The number of benzene rings is 1. The average Bonchev–Trinajstić information content (AvgIpc) is 2.71. The highest BCUT2D eigenvalue weighted by Crippen LogP contribution is 2.13. The molecule has 1 amide bonds. The first-order valence-electron chi connectivity index (χ1n) is 7.17. The van der Waals surface area contributed by atoms with Gasteiger partial charge in [0.2, 0.25) is 5.91 Å². The Bertz CT molecular complexity index is 596. The van der Waals surface area contributed by atoms with Gasteiger partial charge >= 0.3 is 0 Å². The molecular weight excluding hydrogens is 288 g/mol. The second-order valence-electron chi connectivity index (χ2n) is 5.79. The van der Waals surface area contributed by atoms with Gasteiger partial charge in [-0.05, 0) is 32.4 Å². The number of aryl methyl sites for hydroxylation is 1. The number of hydrogen-bond acceptors (Lipinski definition) is 4. The van der Waals surface area contributed by atoms with Crippen molar-refractivity contribution in [2.75, 3.05) is 16.8 Å². The molecule has 0 bridgehead atoms. The molecule has 1 fully saturated rings. The van der Waals surface area contributed by atoms with Crippen molar-refractivity contribution < 1.29 is 13.2 Å². The second kappa shape index (κ2) is 6.58. The first-order valence-corrected chi connectivity index (χ1v) is 8.99. The molecule has 1 heterocycles. The zero-order valence-corrected chi connectivity index (χ0v) is 13.2. The summed E-state index contributed by atoms with van der Waals surface area (Å²) < 4.78 is 22.8. The van der Waals surface area contributed by atoms with Gasteiger partial charge in [0.1, 0.15) is 0 Å². The van der Waals surface area contributed by atoms with Crippen LogP contribution in [0.4, 0.5) is 5.69 Å². The van der Waals surface area contributed by atoms with E-state index in [9.17, 15) is 13.2 Å². The molecule has 0 unspecified atom stereocenters. The second-order valence-corrected chi connectivity index (χ2v) is 8.01. The molecule has 1 saturated heterocycles. The largest absolute Gasteiger partial charge is 0.326 e. The first kappa shape index (κ1) is 16.0. The summed E-state index contributed by atoms with van der Waals surface area (Å²) in [6, 6.07) is 7.55. The molecule has 0 radical (unpaired) electrons. The van der Waals surface area contributed by atoms with E-state index >= 15 is 0 Å². The van der Waals surface area contributed by atoms with E-state index in [1.807, 2.05) is 38.1 Å². The third-order valence-electron chi connectivity index (χ3n) is 3.58. The van der Waals surface area contributed by atoms with Crippen molar-refractivity contribution in [3.8, 4) is 0 Å². The van der Waals surface area contributed by atoms with Crippen LogP contribution in [0.25, 0.3) is 0 Å². The molecule has 6 heteroatoms. The predicted octanol–water partition coefficient (Wildman–Crippen LogP) is 1.49. The van der Waals surface area contributed by atoms with Crippen molar-refractivity contribution in [2.24, 2.45) is 0 Å². The molecule has 1 aromatic carbocycles. The fourth-order valence-electron chi connectivity index (χ4n) is 2.51. The van der Waals surface area contributed by atoms with Crippen LogP contribution in [0.1, 0.15) is 25.3 Å². The number of carbonyl (C=O) groups is 1. The summed E-state index contributed by atoms with van der Waals surface area (Å²) in [4.78, 5) is 11.9. The summed E-state index contributed by atoms with van der Waals surface area (Å²) >= 11 is 0. The minimum Gasteiger partial charge on any atom is -0.326 e. The number of carbonyl (C=O) groups excluding carboxylic acids is 1. The van der Waals surface area contributed by atoms with E-state index in [-0.39, 0.29) is 29.5 Å². The molecule has 1 aromatic rings. The molecule has 0 saturated carbocycles. The molecule has 1 aliphatic heterocycles. The quantitative estimate of drug-likeness (QED) is 0.864. The molecule has 5 nitrogen and oxygen atoms in total. The lowest BCUT2D eigenvalue weighted by molar-refractivity contribution is -0.116. The minimum atomic E-state index is -2.89. The van der Waals surface area contributed by atoms with Gasteiger partial charge in [-0.2, -0.15) is 0 Å². The highest BCUT2D eigenvalue weighted by molar-refractivity contribution is 7.91. The van der Waals surface area contributed by atoms with E-state index in [4.69, 9.17) is 0 Å². The van der Waals surface area contributed by atoms with Crippen molar-refractivity contribution >= 4 is 21.4 Å². The Morgan fingerprint density at radius 1 is 1.33 bits per heavy atom. The van der Waals surface area contributed by atoms with Crippen LogP contribution < -0.4 is 10.6 Å². The van der Waals surface area contributed by atoms with Crippen molar-refractivity contribution in [3.63, 3.8) is 0 Å². The Morgan fingerprint density at radius 3 is 2.57 bits per heavy atom. The summed E-state index contributed by atoms with van der Waals surface area (Å²) in [5, 5.41) is 6.06. The van der Waals surface area contributed by atoms with Gasteiger partial charge in [0, 0.05) is 24.2 Å². The summed E-state index contributed by atoms with van der Waals surface area (Å²) in [6.45, 7) is 3.90. The molecule has 116 valence electrons. The van der Waals surface area contributed by atoms with Gasteiger partial charge in [0.15, 0.2) is 9.84 Å². The SMILES string of the molecule is Cc1ccc(NC(=O)C[C@H](C)N[C@@H]2CCS(=O)(=O)C2)cc1. The number of rotatable bonds is 5. The van der Waals surface area contributed by atoms with Gasteiger partial charge in [0.05, 0.1) is 11.5 Å². The first-order chi connectivity index (χ1) is 9.84. The highest BCUT2D eigenvalue weighted by atomic mass is 32.2. The van der Waals surface area contributed by atoms with Crippen LogP contribution in [0.2, 0.25) is 0 Å². The lowest BCUT2D eigenvalue weighted by Crippen LogP contribution is -2.39. The van der Waals surface area contributed by atoms with Crippen LogP contribution in [-0.4, -0.2) is 37.9 Å². The van der Waals surface area contributed by atoms with E-state index in [2.05, 4.69) is 10.6 Å². The Kier molecular flexibility index (Phi) is 5.00. The van der Waals surface area contributed by atoms with Gasteiger partial charge in [-0.3, -0.25) is 4.79 Å². The predicted molar refractivity (Wildman–Crippen MR) is 84.1 cm³/mol. The topological polar surface area (TPSA) is 75.3 Å². The van der Waals surface area contributed by atoms with Gasteiger partial charge in [-0.25, -0.2) is 8.42 Å². The Hall–Kier alpha value is -1.40. The van der Waals surface area contributed by atoms with Gasteiger partial charge in [-0.15, -0.1) is 0 Å². The zero-order chi connectivity index (χ0) is 15.5. The lowest BCUT2D eigenvalue weighted by atomic mass is 10.1. The average molecular weight is 310 g/mol. The smallest absolute Gasteiger partial charge is 0.225 e. The maximum absolute atomic E-state index is 11.9. The molecule has 0 spiro atoms. The maximum Gasteiger partial charge on any atom is 0.225 e. The van der Waals surface area contributed by atoms with Crippen LogP contribution in [0.5, 0.6) is 0 Å². The number of sulfone groups is 1. The molecule has 1 aliphatic rings. The fourth-order valence-corrected chi connectivity index (χ4v) is 4.20. The maximum atomic E-state index is 11.9. The minimum absolute atomic E-state index is 0.0304. The van der Waals surface area contributed by atoms with Crippen LogP contribution in [-0.2, 0) is 14.6 Å². The van der Waals surface area contributed by atoms with E-state index in [1.165, 1.54) is 0 Å². The molecule has 0 aromatic heterocycles. The number of anilines is 1. The summed E-state index contributed by atoms with van der Waals surface area (Å²) in [5.41, 5.74) is 1.92. The van der Waals surface area contributed by atoms with Crippen molar-refractivity contribution in [1.29, 1.82) is 0 Å². The van der Waals surface area contributed by atoms with Gasteiger partial charge < -0.3 is 10.6 Å². The summed E-state index contributed by atoms with van der Waals surface area (Å²) in [7, 11) is -2.89. The lowest BCUT2D eigenvalue weighted by Gasteiger charge is -2.18. The summed E-state index contributed by atoms with van der Waals surface area (Å²) in [5.74, 6) is 0.351. The monoisotopic (exact) mass is 310 g/mol. The van der Waals surface area contributed by atoms with E-state index in [0.717, 1.165) is 11.3 Å². The number of nitrogens with one attached hydrogen (secondary N) is 2. The van der Waals surface area contributed by atoms with E-state index in [1.54, 1.807) is 0 Å². The van der Waals surface area contributed by atoms with E-state index in [0.29, 0.717) is 12.8 Å². The van der Waals surface area contributed by atoms with Gasteiger partial charge in [0.25, 0.3) is 0 Å². The third kappa shape index (κ3) is 5.13. The van der Waals surface area contributed by atoms with Crippen molar-refractivity contribution in [3.05, 3.63) is 29.8 Å². The molecule has 2 atom stereocenters. The zero-order valence-electron chi connectivity index (χ0n) is 12.4. The number of amides is 1. The Labute approximate surface area is 126 Å². The third-order valence-corrected chi connectivity index (χ3v) is 5.35. The van der Waals surface area contributed by atoms with Crippen molar-refractivity contribution in [1.82, 2.24) is 5.32 Å². The van der Waals surface area contributed by atoms with Crippen molar-refractivity contribution in [2.45, 2.75) is 38.8 Å². The van der Waals surface area contributed by atoms with E-state index < -0.39 is 9.84 Å². The molecule has 21 heavy (non-hydrogen) atoms. The molecular formula is C15H22N2O3S. The van der Waals surface area contributed by atoms with Crippen LogP contribution in [0.15, 0.2) is 24.3 Å². The highest BCUT2D eigenvalue weighted by Gasteiger charge is 2.28. The molecule has 2 N–H and O–H groups in total. The fraction of sp³-hybridized carbons (Fsp3) is 0.533. The number of hydrogen-bond donors (Lipinski definition) is 2. The summed E-state index contributed by atoms with van der Waals surface area (Å²) in [6.07, 6.45) is 0.955. The van der Waals surface area contributed by atoms with Crippen LogP contribution in [0.3, 0.4) is 0 Å². The normalized spacial score (nSPS) is 21.9. The molecule has 2 rings (SSSR count). The van der Waals surface area contributed by atoms with Gasteiger partial charge in [-0.1, -0.05) is 17.7 Å².